The van der Waals surface area contributed by atoms with Gasteiger partial charge in [0.2, 0.25) is 0 Å². The molecule has 0 spiro atoms. The monoisotopic (exact) mass is 387 g/mol. The summed E-state index contributed by atoms with van der Waals surface area (Å²) in [5.74, 6) is 0.620. The van der Waals surface area contributed by atoms with Gasteiger partial charge in [0, 0.05) is 0 Å². The van der Waals surface area contributed by atoms with Gasteiger partial charge in [0.15, 0.2) is 6.10 Å². The molecule has 0 radical (unpaired) electrons. The Bertz CT molecular complexity index is 978. The summed E-state index contributed by atoms with van der Waals surface area (Å²) in [7, 11) is 0. The molecule has 0 unspecified atom stereocenters. The fraction of sp³-hybridized carbons (Fsp3) is 0.269. The van der Waals surface area contributed by atoms with Crippen molar-refractivity contribution in [2.75, 3.05) is 0 Å². The first-order chi connectivity index (χ1) is 13.8. The minimum absolute atomic E-state index is 0.141. The third kappa shape index (κ3) is 5.05. The van der Waals surface area contributed by atoms with Gasteiger partial charge in [-0.2, -0.15) is 0 Å². The number of carbonyl (C=O) groups excluding carboxylic acids is 1. The molecule has 0 saturated heterocycles. The van der Waals surface area contributed by atoms with Crippen LogP contribution < -0.4 is 10.1 Å². The van der Waals surface area contributed by atoms with Crippen LogP contribution in [0.2, 0.25) is 0 Å². The smallest absolute Gasteiger partial charge is 0.261 e. The Morgan fingerprint density at radius 2 is 1.45 bits per heavy atom. The quantitative estimate of drug-likeness (QED) is 0.598. The van der Waals surface area contributed by atoms with E-state index in [1.807, 2.05) is 50.2 Å². The van der Waals surface area contributed by atoms with Crippen LogP contribution in [0.4, 0.5) is 0 Å². The predicted molar refractivity (Wildman–Crippen MR) is 118 cm³/mol. The molecule has 0 aliphatic heterocycles. The van der Waals surface area contributed by atoms with E-state index in [-0.39, 0.29) is 11.9 Å². The van der Waals surface area contributed by atoms with E-state index in [0.29, 0.717) is 0 Å². The van der Waals surface area contributed by atoms with E-state index in [1.54, 1.807) is 6.92 Å². The summed E-state index contributed by atoms with van der Waals surface area (Å²) < 4.78 is 6.05. The van der Waals surface area contributed by atoms with Gasteiger partial charge in [-0.05, 0) is 68.5 Å². The molecule has 1 N–H and O–H groups in total. The Labute approximate surface area is 173 Å². The molecule has 150 valence electrons. The minimum Gasteiger partial charge on any atom is -0.481 e. The molecule has 0 heterocycles. The summed E-state index contributed by atoms with van der Waals surface area (Å²) >= 11 is 0. The Morgan fingerprint density at radius 1 is 0.828 bits per heavy atom. The molecule has 3 aromatic rings. The molecule has 0 aliphatic rings. The van der Waals surface area contributed by atoms with E-state index in [1.165, 1.54) is 5.56 Å². The number of rotatable bonds is 6. The van der Waals surface area contributed by atoms with Gasteiger partial charge in [0.1, 0.15) is 5.75 Å². The van der Waals surface area contributed by atoms with E-state index < -0.39 is 6.10 Å². The number of hydrogen-bond acceptors (Lipinski definition) is 2. The number of aryl methyl sites for hydroxylation is 3. The second-order valence-electron chi connectivity index (χ2n) is 7.73. The summed E-state index contributed by atoms with van der Waals surface area (Å²) in [4.78, 5) is 13.0. The zero-order chi connectivity index (χ0) is 21.0. The first kappa shape index (κ1) is 20.7. The van der Waals surface area contributed by atoms with Crippen LogP contribution in [-0.4, -0.2) is 12.0 Å². The molecular weight excluding hydrogens is 358 g/mol. The van der Waals surface area contributed by atoms with Crippen LogP contribution in [-0.2, 0) is 4.79 Å². The third-order valence-corrected chi connectivity index (χ3v) is 5.27. The van der Waals surface area contributed by atoms with Crippen molar-refractivity contribution in [3.05, 3.63) is 100 Å². The highest BCUT2D eigenvalue weighted by atomic mass is 16.5. The second-order valence-corrected chi connectivity index (χ2v) is 7.73. The average molecular weight is 388 g/mol. The van der Waals surface area contributed by atoms with Crippen molar-refractivity contribution < 1.29 is 9.53 Å². The number of nitrogens with one attached hydrogen (secondary N) is 1. The summed E-state index contributed by atoms with van der Waals surface area (Å²) in [6.45, 7) is 9.97. The van der Waals surface area contributed by atoms with Crippen LogP contribution >= 0.6 is 0 Å². The summed E-state index contributed by atoms with van der Waals surface area (Å²) in [5.41, 5.74) is 6.62. The lowest BCUT2D eigenvalue weighted by Gasteiger charge is -2.23. The van der Waals surface area contributed by atoms with Crippen LogP contribution in [0.3, 0.4) is 0 Å². The summed E-state index contributed by atoms with van der Waals surface area (Å²) in [5, 5.41) is 3.17. The number of hydrogen-bond donors (Lipinski definition) is 1. The minimum atomic E-state index is -0.605. The lowest BCUT2D eigenvalue weighted by molar-refractivity contribution is -0.127. The maximum absolute atomic E-state index is 13.0. The van der Waals surface area contributed by atoms with Gasteiger partial charge >= 0.3 is 0 Å². The highest BCUT2D eigenvalue weighted by molar-refractivity contribution is 5.81. The van der Waals surface area contributed by atoms with Crippen LogP contribution in [0.25, 0.3) is 0 Å². The normalized spacial score (nSPS) is 12.9. The fourth-order valence-electron chi connectivity index (χ4n) is 3.39. The SMILES string of the molecule is Cc1ccc([C@H](NC(=O)[C@H](C)Oc2cc(C)cc(C)c2C)c2ccccc2)cc1. The van der Waals surface area contributed by atoms with Crippen LogP contribution in [0.5, 0.6) is 5.75 Å². The first-order valence-electron chi connectivity index (χ1n) is 10.0. The number of benzene rings is 3. The lowest BCUT2D eigenvalue weighted by atomic mass is 9.97. The van der Waals surface area contributed by atoms with Gasteiger partial charge < -0.3 is 10.1 Å². The molecule has 2 atom stereocenters. The highest BCUT2D eigenvalue weighted by Crippen LogP contribution is 2.26. The van der Waals surface area contributed by atoms with Gasteiger partial charge in [-0.15, -0.1) is 0 Å². The Hall–Kier alpha value is -3.07. The number of ether oxygens (including phenoxy) is 1. The Morgan fingerprint density at radius 3 is 2.10 bits per heavy atom. The van der Waals surface area contributed by atoms with Crippen LogP contribution in [0.15, 0.2) is 66.7 Å². The van der Waals surface area contributed by atoms with Crippen molar-refractivity contribution in [3.63, 3.8) is 0 Å². The van der Waals surface area contributed by atoms with Crippen LogP contribution in [0.1, 0.15) is 46.3 Å². The molecule has 0 bridgehead atoms. The molecule has 0 aliphatic carbocycles. The van der Waals surface area contributed by atoms with Crippen molar-refractivity contribution in [2.45, 2.75) is 46.8 Å². The molecule has 29 heavy (non-hydrogen) atoms. The maximum atomic E-state index is 13.0. The fourth-order valence-corrected chi connectivity index (χ4v) is 3.39. The Kier molecular flexibility index (Phi) is 6.38. The maximum Gasteiger partial charge on any atom is 0.261 e. The molecule has 0 saturated carbocycles. The molecule has 0 aromatic heterocycles. The first-order valence-corrected chi connectivity index (χ1v) is 10.0. The molecule has 3 heteroatoms. The van der Waals surface area contributed by atoms with E-state index in [0.717, 1.165) is 33.6 Å². The van der Waals surface area contributed by atoms with E-state index in [9.17, 15) is 4.79 Å². The molecule has 3 nitrogen and oxygen atoms in total. The number of carbonyl (C=O) groups is 1. The third-order valence-electron chi connectivity index (χ3n) is 5.27. The highest BCUT2D eigenvalue weighted by Gasteiger charge is 2.22. The Balaban J connectivity index is 1.82. The standard InChI is InChI=1S/C26H29NO2/c1-17-11-13-23(14-12-17)25(22-9-7-6-8-10-22)27-26(28)21(5)29-24-16-18(2)15-19(3)20(24)4/h6-16,21,25H,1-5H3,(H,27,28)/t21-,25+/m0/s1. The largest absolute Gasteiger partial charge is 0.481 e. The topological polar surface area (TPSA) is 38.3 Å². The zero-order valence-electron chi connectivity index (χ0n) is 17.8. The van der Waals surface area contributed by atoms with Crippen molar-refractivity contribution >= 4 is 5.91 Å². The van der Waals surface area contributed by atoms with E-state index in [2.05, 4.69) is 49.5 Å². The number of amides is 1. The van der Waals surface area contributed by atoms with E-state index >= 15 is 0 Å². The van der Waals surface area contributed by atoms with Crippen LogP contribution in [0, 0.1) is 27.7 Å². The molecular formula is C26H29NO2. The van der Waals surface area contributed by atoms with Gasteiger partial charge in [0.25, 0.3) is 5.91 Å². The summed E-state index contributed by atoms with van der Waals surface area (Å²) in [6.07, 6.45) is -0.605. The molecule has 1 amide bonds. The van der Waals surface area contributed by atoms with Crippen molar-refractivity contribution in [1.29, 1.82) is 0 Å². The average Bonchev–Trinajstić information content (AvgIpc) is 2.71. The molecule has 3 aromatic carbocycles. The van der Waals surface area contributed by atoms with Gasteiger partial charge in [-0.1, -0.05) is 66.2 Å². The van der Waals surface area contributed by atoms with Gasteiger partial charge in [0.05, 0.1) is 6.04 Å². The van der Waals surface area contributed by atoms with E-state index in [4.69, 9.17) is 4.74 Å². The van der Waals surface area contributed by atoms with Gasteiger partial charge in [-0.3, -0.25) is 4.79 Å². The van der Waals surface area contributed by atoms with Crippen molar-refractivity contribution in [3.8, 4) is 5.75 Å². The predicted octanol–water partition coefficient (Wildman–Crippen LogP) is 5.59. The lowest BCUT2D eigenvalue weighted by Crippen LogP contribution is -2.39. The van der Waals surface area contributed by atoms with Crippen molar-refractivity contribution in [1.82, 2.24) is 5.32 Å². The molecule has 3 rings (SSSR count). The van der Waals surface area contributed by atoms with Gasteiger partial charge in [-0.25, -0.2) is 0 Å². The summed E-state index contributed by atoms with van der Waals surface area (Å²) in [6, 6.07) is 22.2. The second kappa shape index (κ2) is 8.95. The zero-order valence-corrected chi connectivity index (χ0v) is 17.8. The van der Waals surface area contributed by atoms with Crippen molar-refractivity contribution in [2.24, 2.45) is 0 Å². The molecule has 0 fully saturated rings.